The first-order valence-corrected chi connectivity index (χ1v) is 16.2. The molecule has 0 aliphatic carbocycles. The van der Waals surface area contributed by atoms with E-state index in [2.05, 4.69) is 0 Å². The van der Waals surface area contributed by atoms with Crippen molar-refractivity contribution in [1.82, 2.24) is 0 Å². The number of ether oxygens (including phenoxy) is 1. The summed E-state index contributed by atoms with van der Waals surface area (Å²) in [7, 11) is 0. The summed E-state index contributed by atoms with van der Waals surface area (Å²) in [6.45, 7) is -0.516. The Kier molecular flexibility index (Phi) is 10.2. The van der Waals surface area contributed by atoms with Gasteiger partial charge in [0.2, 0.25) is 5.91 Å². The maximum Gasteiger partial charge on any atom is 0.227 e. The zero-order chi connectivity index (χ0) is 33.9. The van der Waals surface area contributed by atoms with Gasteiger partial charge in [0, 0.05) is 17.7 Å². The molecular formula is C38H40FNO8. The third-order valence-corrected chi connectivity index (χ3v) is 9.59. The number of para-hydroxylation sites is 1. The molecule has 2 heterocycles. The smallest absolute Gasteiger partial charge is 0.227 e. The molecule has 0 radical (unpaired) electrons. The third-order valence-electron chi connectivity index (χ3n) is 9.59. The molecule has 48 heavy (non-hydrogen) atoms. The van der Waals surface area contributed by atoms with E-state index in [1.807, 2.05) is 42.5 Å². The molecule has 6 rings (SSSR count). The van der Waals surface area contributed by atoms with Crippen LogP contribution in [0.15, 0.2) is 97.1 Å². The number of benzene rings is 4. The van der Waals surface area contributed by atoms with Crippen molar-refractivity contribution in [2.75, 3.05) is 11.5 Å². The highest BCUT2D eigenvalue weighted by Gasteiger charge is 2.44. The Balaban J connectivity index is 1.22. The van der Waals surface area contributed by atoms with Gasteiger partial charge in [-0.15, -0.1) is 0 Å². The van der Waals surface area contributed by atoms with Gasteiger partial charge in [-0.2, -0.15) is 0 Å². The van der Waals surface area contributed by atoms with Gasteiger partial charge in [-0.05, 0) is 71.3 Å². The molecule has 8 atom stereocenters. The summed E-state index contributed by atoms with van der Waals surface area (Å²) in [6, 6.07) is 27.1. The van der Waals surface area contributed by atoms with E-state index in [1.165, 1.54) is 12.1 Å². The fourth-order valence-electron chi connectivity index (χ4n) is 6.99. The maximum absolute atomic E-state index is 13.5. The lowest BCUT2D eigenvalue weighted by Crippen LogP contribution is -2.55. The van der Waals surface area contributed by atoms with Gasteiger partial charge in [0.25, 0.3) is 0 Å². The molecule has 0 saturated carbocycles. The van der Waals surface area contributed by atoms with Gasteiger partial charge in [0.1, 0.15) is 42.1 Å². The van der Waals surface area contributed by atoms with Gasteiger partial charge >= 0.3 is 0 Å². The topological polar surface area (TPSA) is 151 Å². The van der Waals surface area contributed by atoms with E-state index in [9.17, 15) is 39.8 Å². The van der Waals surface area contributed by atoms with Crippen molar-refractivity contribution >= 4 is 11.6 Å². The number of carbonyl (C=O) groups excluding carboxylic acids is 1. The van der Waals surface area contributed by atoms with Gasteiger partial charge in [-0.1, -0.05) is 73.2 Å². The lowest BCUT2D eigenvalue weighted by Gasteiger charge is -2.40. The molecule has 4 aromatic rings. The summed E-state index contributed by atoms with van der Waals surface area (Å²) < 4.78 is 19.0. The van der Waals surface area contributed by atoms with Crippen LogP contribution in [-0.2, 0) is 9.53 Å². The minimum absolute atomic E-state index is 0.0301. The fraction of sp³-hybridized carbons (Fsp3) is 0.342. The Labute approximate surface area is 278 Å². The number of hydrogen-bond donors (Lipinski definition) is 6. The van der Waals surface area contributed by atoms with Gasteiger partial charge in [0.15, 0.2) is 0 Å². The van der Waals surface area contributed by atoms with Crippen molar-refractivity contribution < 1.29 is 44.6 Å². The Morgan fingerprint density at radius 3 is 2.21 bits per heavy atom. The predicted molar refractivity (Wildman–Crippen MR) is 176 cm³/mol. The zero-order valence-corrected chi connectivity index (χ0v) is 26.2. The van der Waals surface area contributed by atoms with Crippen LogP contribution >= 0.6 is 0 Å². The quantitative estimate of drug-likeness (QED) is 0.144. The molecule has 6 N–H and O–H groups in total. The van der Waals surface area contributed by atoms with Crippen molar-refractivity contribution in [2.24, 2.45) is 5.92 Å². The zero-order valence-electron chi connectivity index (χ0n) is 26.2. The summed E-state index contributed by atoms with van der Waals surface area (Å²) in [6.07, 6.45) is -5.07. The van der Waals surface area contributed by atoms with E-state index in [-0.39, 0.29) is 29.8 Å². The van der Waals surface area contributed by atoms with E-state index in [1.54, 1.807) is 47.4 Å². The number of anilines is 1. The summed E-state index contributed by atoms with van der Waals surface area (Å²) in [5.74, 6) is -0.520. The molecule has 2 aliphatic heterocycles. The highest BCUT2D eigenvalue weighted by molar-refractivity contribution is 5.97. The SMILES string of the molecule is O=C1C[C@H](CCC[C@H](O)c2ccc(F)cc2)[C@@H](c2ccc(-c3ccc(C4O[C@H](CO)[C@@H](O)[C@H](O)[C@H]4O)cc3)cc2O)N1c1ccccc1. The molecule has 0 aromatic heterocycles. The minimum Gasteiger partial charge on any atom is -0.508 e. The molecule has 252 valence electrons. The number of amides is 1. The maximum atomic E-state index is 13.5. The highest BCUT2D eigenvalue weighted by Crippen LogP contribution is 2.47. The largest absolute Gasteiger partial charge is 0.508 e. The molecule has 0 bridgehead atoms. The number of halogens is 1. The summed E-state index contributed by atoms with van der Waals surface area (Å²) in [5.41, 5.74) is 4.00. The number of phenols is 1. The third kappa shape index (κ3) is 6.86. The molecule has 4 aromatic carbocycles. The van der Waals surface area contributed by atoms with E-state index < -0.39 is 49.3 Å². The molecule has 2 fully saturated rings. The number of aromatic hydroxyl groups is 1. The Morgan fingerprint density at radius 2 is 1.54 bits per heavy atom. The average Bonchev–Trinajstić information content (AvgIpc) is 3.43. The highest BCUT2D eigenvalue weighted by atomic mass is 19.1. The van der Waals surface area contributed by atoms with Crippen LogP contribution in [0.1, 0.15) is 60.6 Å². The molecule has 10 heteroatoms. The van der Waals surface area contributed by atoms with Crippen LogP contribution in [0.2, 0.25) is 0 Å². The molecule has 0 spiro atoms. The van der Waals surface area contributed by atoms with Gasteiger partial charge in [-0.3, -0.25) is 4.79 Å². The van der Waals surface area contributed by atoms with Crippen molar-refractivity contribution in [1.29, 1.82) is 0 Å². The monoisotopic (exact) mass is 657 g/mol. The van der Waals surface area contributed by atoms with Crippen LogP contribution in [0.5, 0.6) is 5.75 Å². The number of carbonyl (C=O) groups is 1. The van der Waals surface area contributed by atoms with E-state index in [0.717, 1.165) is 11.3 Å². The number of nitrogens with zero attached hydrogens (tertiary/aromatic N) is 1. The normalized spacial score (nSPS) is 26.5. The van der Waals surface area contributed by atoms with E-state index in [4.69, 9.17) is 4.74 Å². The molecule has 9 nitrogen and oxygen atoms in total. The number of phenolic OH excluding ortho intramolecular Hbond substituents is 1. The number of hydrogen-bond acceptors (Lipinski definition) is 8. The van der Waals surface area contributed by atoms with Crippen LogP contribution in [0.3, 0.4) is 0 Å². The second-order valence-electron chi connectivity index (χ2n) is 12.7. The number of aliphatic hydroxyl groups excluding tert-OH is 5. The average molecular weight is 658 g/mol. The summed E-state index contributed by atoms with van der Waals surface area (Å²) in [4.78, 5) is 15.2. The van der Waals surface area contributed by atoms with Crippen LogP contribution in [-0.4, -0.2) is 67.6 Å². The van der Waals surface area contributed by atoms with Crippen molar-refractivity contribution in [2.45, 2.75) is 68.3 Å². The van der Waals surface area contributed by atoms with E-state index >= 15 is 0 Å². The van der Waals surface area contributed by atoms with Crippen LogP contribution in [0.4, 0.5) is 10.1 Å². The van der Waals surface area contributed by atoms with Crippen molar-refractivity contribution in [3.63, 3.8) is 0 Å². The first kappa shape index (κ1) is 33.7. The summed E-state index contributed by atoms with van der Waals surface area (Å²) >= 11 is 0. The molecule has 1 unspecified atom stereocenters. The standard InChI is InChI=1S/C38H40FNO8/c39-27-16-13-23(14-17-27)30(42)8-4-5-26-20-33(44)40(28-6-2-1-3-7-28)34(26)29-18-15-25(19-31(29)43)22-9-11-24(12-10-22)38-37(47)36(46)35(45)32(21-41)48-38/h1-3,6-7,9-19,26,30,32,34-38,41-43,45-47H,4-5,8,20-21H2/t26-,30-,32+,34-,35+,36-,37+,38?/m0/s1. The van der Waals surface area contributed by atoms with Crippen LogP contribution < -0.4 is 4.90 Å². The number of rotatable bonds is 10. The molecule has 2 aliphatic rings. The predicted octanol–water partition coefficient (Wildman–Crippen LogP) is 4.71. The summed E-state index contributed by atoms with van der Waals surface area (Å²) in [5, 5.41) is 62.5. The fourth-order valence-corrected chi connectivity index (χ4v) is 6.99. The van der Waals surface area contributed by atoms with Gasteiger partial charge in [0.05, 0.1) is 18.8 Å². The first-order valence-electron chi connectivity index (χ1n) is 16.2. The minimum atomic E-state index is -1.48. The molecule has 1 amide bonds. The second-order valence-corrected chi connectivity index (χ2v) is 12.7. The van der Waals surface area contributed by atoms with Crippen molar-refractivity contribution in [3.8, 4) is 16.9 Å². The Bertz CT molecular complexity index is 1680. The molecule has 2 saturated heterocycles. The molecular weight excluding hydrogens is 617 g/mol. The van der Waals surface area contributed by atoms with E-state index in [0.29, 0.717) is 41.5 Å². The lowest BCUT2D eigenvalue weighted by atomic mass is 9.87. The van der Waals surface area contributed by atoms with Crippen LogP contribution in [0, 0.1) is 11.7 Å². The first-order chi connectivity index (χ1) is 23.2. The Hall–Kier alpha value is -4.16. The Morgan fingerprint density at radius 1 is 0.854 bits per heavy atom. The second kappa shape index (κ2) is 14.5. The van der Waals surface area contributed by atoms with Crippen molar-refractivity contribution in [3.05, 3.63) is 120 Å². The van der Waals surface area contributed by atoms with Gasteiger partial charge in [-0.25, -0.2) is 4.39 Å². The van der Waals surface area contributed by atoms with Crippen LogP contribution in [0.25, 0.3) is 11.1 Å². The number of aliphatic hydroxyl groups is 5. The van der Waals surface area contributed by atoms with Gasteiger partial charge < -0.3 is 40.3 Å². The lowest BCUT2D eigenvalue weighted by molar-refractivity contribution is -0.231.